The number of allylic oxidation sites excluding steroid dienone is 1. The summed E-state index contributed by atoms with van der Waals surface area (Å²) in [5, 5.41) is 15.9. The third-order valence-corrected chi connectivity index (χ3v) is 6.77. The Morgan fingerprint density at radius 1 is 1.12 bits per heavy atom. The second-order valence-electron chi connectivity index (χ2n) is 6.03. The summed E-state index contributed by atoms with van der Waals surface area (Å²) in [4.78, 5) is -0.582. The zero-order chi connectivity index (χ0) is 19.2. The summed E-state index contributed by atoms with van der Waals surface area (Å²) in [7, 11) is -6.24. The molecule has 1 aliphatic rings. The number of rotatable bonds is 4. The molecule has 1 aromatic carbocycles. The number of phenols is 1. The molecule has 0 amide bonds. The largest absolute Gasteiger partial charge is 0.505 e. The fraction of sp³-hybridized carbons (Fsp3) is 0.429. The Kier molecular flexibility index (Phi) is 4.81. The molecule has 25 heavy (non-hydrogen) atoms. The maximum absolute atomic E-state index is 11.8. The monoisotopic (exact) mass is 392 g/mol. The molecule has 0 heterocycles. The van der Waals surface area contributed by atoms with Gasteiger partial charge in [-0.2, -0.15) is 16.8 Å². The fourth-order valence-corrected chi connectivity index (χ4v) is 4.28. The second-order valence-corrected chi connectivity index (χ2v) is 9.36. The van der Waals surface area contributed by atoms with Gasteiger partial charge in [0, 0.05) is 25.4 Å². The number of aromatic hydroxyl groups is 1. The molecule has 0 saturated carbocycles. The van der Waals surface area contributed by atoms with E-state index in [2.05, 4.69) is 10.6 Å². The van der Waals surface area contributed by atoms with Gasteiger partial charge in [0.05, 0.1) is 5.69 Å². The first-order chi connectivity index (χ1) is 11.4. The molecule has 5 N–H and O–H groups in total. The smallest absolute Gasteiger partial charge is 0.296 e. The van der Waals surface area contributed by atoms with Crippen molar-refractivity contribution in [2.24, 2.45) is 0 Å². The average Bonchev–Trinajstić information content (AvgIpc) is 2.62. The van der Waals surface area contributed by atoms with Crippen LogP contribution in [0.15, 0.2) is 17.0 Å². The van der Waals surface area contributed by atoms with E-state index in [-0.39, 0.29) is 29.7 Å². The predicted octanol–water partition coefficient (Wildman–Crippen LogP) is 0.834. The maximum Gasteiger partial charge on any atom is 0.296 e. The highest BCUT2D eigenvalue weighted by molar-refractivity contribution is 7.87. The SMILES string of the molecule is CNC1=CCC(C)(S(=O)(=O)O)Cc2cc(S(=O)(=O)O)c(NC)c(O)c21. The van der Waals surface area contributed by atoms with E-state index in [1.54, 1.807) is 7.05 Å². The van der Waals surface area contributed by atoms with Gasteiger partial charge >= 0.3 is 0 Å². The Morgan fingerprint density at radius 2 is 1.72 bits per heavy atom. The zero-order valence-corrected chi connectivity index (χ0v) is 15.5. The quantitative estimate of drug-likeness (QED) is 0.370. The Hall–Kier alpha value is -1.82. The van der Waals surface area contributed by atoms with Gasteiger partial charge in [-0.1, -0.05) is 6.08 Å². The lowest BCUT2D eigenvalue weighted by Crippen LogP contribution is -2.36. The zero-order valence-electron chi connectivity index (χ0n) is 13.9. The van der Waals surface area contributed by atoms with Crippen molar-refractivity contribution in [2.45, 2.75) is 29.4 Å². The van der Waals surface area contributed by atoms with E-state index < -0.39 is 35.6 Å². The van der Waals surface area contributed by atoms with Gasteiger partial charge in [0.1, 0.15) is 15.4 Å². The standard InChI is InChI=1S/C14H20N2O7S2/c1-14(25(21,22)23)5-4-9(15-2)11-8(7-14)6-10(24(18,19)20)12(16-3)13(11)17/h4,6,15-17H,5,7H2,1-3H3,(H,18,19,20)(H,21,22,23). The molecule has 140 valence electrons. The molecule has 0 aromatic heterocycles. The van der Waals surface area contributed by atoms with Gasteiger partial charge in [-0.05, 0) is 31.4 Å². The van der Waals surface area contributed by atoms with Crippen LogP contribution in [0.3, 0.4) is 0 Å². The van der Waals surface area contributed by atoms with E-state index in [1.165, 1.54) is 20.0 Å². The van der Waals surface area contributed by atoms with Gasteiger partial charge in [-0.3, -0.25) is 9.11 Å². The summed E-state index contributed by atoms with van der Waals surface area (Å²) >= 11 is 0. The van der Waals surface area contributed by atoms with Crippen LogP contribution in [0.25, 0.3) is 5.70 Å². The first-order valence-electron chi connectivity index (χ1n) is 7.25. The molecule has 9 nitrogen and oxygen atoms in total. The first-order valence-corrected chi connectivity index (χ1v) is 10.1. The third-order valence-electron chi connectivity index (χ3n) is 4.34. The van der Waals surface area contributed by atoms with E-state index in [9.17, 15) is 31.0 Å². The summed E-state index contributed by atoms with van der Waals surface area (Å²) in [6.07, 6.45) is 1.18. The summed E-state index contributed by atoms with van der Waals surface area (Å²) in [6.45, 7) is 1.32. The topological polar surface area (TPSA) is 153 Å². The molecule has 1 aromatic rings. The Morgan fingerprint density at radius 3 is 2.16 bits per heavy atom. The van der Waals surface area contributed by atoms with Gasteiger partial charge in [-0.25, -0.2) is 0 Å². The third kappa shape index (κ3) is 3.32. The Balaban J connectivity index is 2.90. The number of benzene rings is 1. The highest BCUT2D eigenvalue weighted by atomic mass is 32.2. The molecule has 1 atom stereocenters. The lowest BCUT2D eigenvalue weighted by atomic mass is 9.95. The van der Waals surface area contributed by atoms with Crippen LogP contribution in [0, 0.1) is 0 Å². The van der Waals surface area contributed by atoms with Crippen molar-refractivity contribution < 1.29 is 31.0 Å². The predicted molar refractivity (Wildman–Crippen MR) is 92.8 cm³/mol. The van der Waals surface area contributed by atoms with Crippen molar-refractivity contribution in [1.29, 1.82) is 0 Å². The van der Waals surface area contributed by atoms with Gasteiger partial charge in [0.15, 0.2) is 0 Å². The van der Waals surface area contributed by atoms with Crippen molar-refractivity contribution in [1.82, 2.24) is 5.32 Å². The number of anilines is 1. The number of phenolic OH excluding ortho intramolecular Hbond substituents is 1. The molecule has 0 bridgehead atoms. The normalized spacial score (nSPS) is 21.1. The van der Waals surface area contributed by atoms with E-state index in [0.29, 0.717) is 5.70 Å². The van der Waals surface area contributed by atoms with Gasteiger partial charge in [0.25, 0.3) is 20.2 Å². The molecule has 0 aliphatic heterocycles. The summed E-state index contributed by atoms with van der Waals surface area (Å²) < 4.78 is 64.3. The molecule has 1 unspecified atom stereocenters. The molecule has 1 aliphatic carbocycles. The molecular formula is C14H20N2O7S2. The van der Waals surface area contributed by atoms with Crippen LogP contribution in [-0.2, 0) is 26.7 Å². The van der Waals surface area contributed by atoms with Gasteiger partial charge in [-0.15, -0.1) is 0 Å². The van der Waals surface area contributed by atoms with Crippen molar-refractivity contribution in [2.75, 3.05) is 19.4 Å². The minimum Gasteiger partial charge on any atom is -0.505 e. The number of nitrogens with one attached hydrogen (secondary N) is 2. The van der Waals surface area contributed by atoms with E-state index in [4.69, 9.17) is 0 Å². The average molecular weight is 392 g/mol. The van der Waals surface area contributed by atoms with Crippen LogP contribution in [0.4, 0.5) is 5.69 Å². The van der Waals surface area contributed by atoms with Crippen LogP contribution in [0.1, 0.15) is 24.5 Å². The fourth-order valence-electron chi connectivity index (χ4n) is 2.90. The molecule has 0 spiro atoms. The van der Waals surface area contributed by atoms with E-state index >= 15 is 0 Å². The molecule has 0 saturated heterocycles. The lowest BCUT2D eigenvalue weighted by molar-refractivity contribution is 0.429. The lowest BCUT2D eigenvalue weighted by Gasteiger charge is -2.25. The highest BCUT2D eigenvalue weighted by Gasteiger charge is 2.41. The molecule has 0 fully saturated rings. The Bertz CT molecular complexity index is 952. The minimum absolute atomic E-state index is 0.0633. The summed E-state index contributed by atoms with van der Waals surface area (Å²) in [5.74, 6) is -0.451. The number of hydrogen-bond donors (Lipinski definition) is 5. The summed E-state index contributed by atoms with van der Waals surface area (Å²) in [5.41, 5.74) is 0.519. The highest BCUT2D eigenvalue weighted by Crippen LogP contribution is 2.43. The number of fused-ring (bicyclic) bond motifs is 1. The Labute approximate surface area is 146 Å². The van der Waals surface area contributed by atoms with Crippen molar-refractivity contribution in [3.63, 3.8) is 0 Å². The van der Waals surface area contributed by atoms with E-state index in [1.807, 2.05) is 0 Å². The second kappa shape index (κ2) is 6.16. The molecule has 2 rings (SSSR count). The van der Waals surface area contributed by atoms with Crippen LogP contribution in [-0.4, -0.2) is 49.9 Å². The van der Waals surface area contributed by atoms with Crippen molar-refractivity contribution in [3.8, 4) is 5.75 Å². The summed E-state index contributed by atoms with van der Waals surface area (Å²) in [6, 6.07) is 1.09. The molecular weight excluding hydrogens is 372 g/mol. The number of hydrogen-bond acceptors (Lipinski definition) is 7. The van der Waals surface area contributed by atoms with Crippen LogP contribution < -0.4 is 10.6 Å². The minimum atomic E-state index is -4.68. The maximum atomic E-state index is 11.8. The van der Waals surface area contributed by atoms with E-state index in [0.717, 1.165) is 6.07 Å². The van der Waals surface area contributed by atoms with Gasteiger partial charge in [0.2, 0.25) is 0 Å². The van der Waals surface area contributed by atoms with Crippen molar-refractivity contribution in [3.05, 3.63) is 23.3 Å². The van der Waals surface area contributed by atoms with Crippen LogP contribution in [0.2, 0.25) is 0 Å². The molecule has 11 heteroatoms. The van der Waals surface area contributed by atoms with Crippen molar-refractivity contribution >= 4 is 31.6 Å². The van der Waals surface area contributed by atoms with Gasteiger partial charge < -0.3 is 15.7 Å². The van der Waals surface area contributed by atoms with Crippen LogP contribution in [0.5, 0.6) is 5.75 Å². The first kappa shape index (κ1) is 19.5. The van der Waals surface area contributed by atoms with Crippen LogP contribution >= 0.6 is 0 Å². The molecule has 0 radical (unpaired) electrons.